The van der Waals surface area contributed by atoms with Crippen molar-refractivity contribution in [1.82, 2.24) is 25.3 Å². The number of carbonyl (C=O) groups is 2. The molecule has 3 rings (SSSR count). The van der Waals surface area contributed by atoms with Crippen LogP contribution in [0.5, 0.6) is 5.88 Å². The molecule has 1 atom stereocenters. The van der Waals surface area contributed by atoms with Crippen molar-refractivity contribution >= 4 is 40.6 Å². The molecule has 0 aromatic carbocycles. The standard InChI is InChI=1S/C19H16ClF3N6O3S/c1-8-5-24-12(4-10(8)19(21,22)23)29-15(30)11-6-25-18(33-11)9(2)28-16(31)14-13(20)17(32-3)27-7-26-14/h4-7,9H,1-3H3,(H,28,31)(H,24,29,30)/t9-/m1/s1. The van der Waals surface area contributed by atoms with Gasteiger partial charge < -0.3 is 15.4 Å². The monoisotopic (exact) mass is 500 g/mol. The van der Waals surface area contributed by atoms with E-state index in [2.05, 4.69) is 30.6 Å². The summed E-state index contributed by atoms with van der Waals surface area (Å²) in [5, 5.41) is 5.28. The normalized spacial score (nSPS) is 12.2. The maximum absolute atomic E-state index is 13.1. The number of methoxy groups -OCH3 is 1. The number of anilines is 1. The molecule has 2 N–H and O–H groups in total. The first-order valence-electron chi connectivity index (χ1n) is 9.17. The number of ether oxygens (including phenoxy) is 1. The molecule has 33 heavy (non-hydrogen) atoms. The van der Waals surface area contributed by atoms with Crippen LogP contribution >= 0.6 is 22.9 Å². The Morgan fingerprint density at radius 1 is 1.15 bits per heavy atom. The fraction of sp³-hybridized carbons (Fsp3) is 0.263. The van der Waals surface area contributed by atoms with Crippen LogP contribution in [0.25, 0.3) is 0 Å². The summed E-state index contributed by atoms with van der Waals surface area (Å²) in [7, 11) is 1.34. The van der Waals surface area contributed by atoms with Gasteiger partial charge in [0.05, 0.1) is 24.9 Å². The number of aromatic nitrogens is 4. The predicted molar refractivity (Wildman–Crippen MR) is 114 cm³/mol. The van der Waals surface area contributed by atoms with Crippen LogP contribution in [-0.4, -0.2) is 38.9 Å². The van der Waals surface area contributed by atoms with Crippen LogP contribution in [0.15, 0.2) is 24.8 Å². The van der Waals surface area contributed by atoms with Gasteiger partial charge in [-0.15, -0.1) is 11.3 Å². The number of hydrogen-bond acceptors (Lipinski definition) is 8. The van der Waals surface area contributed by atoms with E-state index in [1.165, 1.54) is 20.2 Å². The first-order chi connectivity index (χ1) is 15.5. The molecule has 0 fully saturated rings. The minimum absolute atomic E-state index is 0.0380. The highest BCUT2D eigenvalue weighted by Crippen LogP contribution is 2.33. The van der Waals surface area contributed by atoms with Gasteiger partial charge in [0.15, 0.2) is 5.69 Å². The van der Waals surface area contributed by atoms with Gasteiger partial charge in [-0.05, 0) is 25.5 Å². The molecule has 0 aliphatic carbocycles. The Morgan fingerprint density at radius 3 is 2.55 bits per heavy atom. The topological polar surface area (TPSA) is 119 Å². The molecule has 0 bridgehead atoms. The average molecular weight is 501 g/mol. The predicted octanol–water partition coefficient (Wildman–Crippen LogP) is 4.06. The van der Waals surface area contributed by atoms with E-state index in [0.717, 1.165) is 29.9 Å². The SMILES string of the molecule is COc1ncnc(C(=O)N[C@H](C)c2ncc(C(=O)Nc3cc(C(F)(F)F)c(C)cn3)s2)c1Cl. The maximum atomic E-state index is 13.1. The van der Waals surface area contributed by atoms with E-state index in [0.29, 0.717) is 5.01 Å². The maximum Gasteiger partial charge on any atom is 0.416 e. The number of nitrogens with zero attached hydrogens (tertiary/aromatic N) is 4. The highest BCUT2D eigenvalue weighted by atomic mass is 35.5. The molecule has 9 nitrogen and oxygen atoms in total. The van der Waals surface area contributed by atoms with E-state index >= 15 is 0 Å². The lowest BCUT2D eigenvalue weighted by atomic mass is 10.1. The van der Waals surface area contributed by atoms with Crippen molar-refractivity contribution in [3.05, 3.63) is 56.5 Å². The second-order valence-corrected chi connectivity index (χ2v) is 8.08. The Labute approximate surface area is 194 Å². The molecule has 0 saturated heterocycles. The van der Waals surface area contributed by atoms with Gasteiger partial charge in [-0.25, -0.2) is 19.9 Å². The van der Waals surface area contributed by atoms with Gasteiger partial charge in [-0.3, -0.25) is 9.59 Å². The number of hydrogen-bond donors (Lipinski definition) is 2. The Hall–Kier alpha value is -3.32. The molecule has 0 saturated carbocycles. The summed E-state index contributed by atoms with van der Waals surface area (Å²) in [4.78, 5) is 40.6. The lowest BCUT2D eigenvalue weighted by molar-refractivity contribution is -0.138. The van der Waals surface area contributed by atoms with Crippen molar-refractivity contribution in [2.75, 3.05) is 12.4 Å². The average Bonchev–Trinajstić information content (AvgIpc) is 3.25. The first-order valence-corrected chi connectivity index (χ1v) is 10.4. The molecule has 0 radical (unpaired) electrons. The molecule has 0 spiro atoms. The lowest BCUT2D eigenvalue weighted by Crippen LogP contribution is -2.27. The summed E-state index contributed by atoms with van der Waals surface area (Å²) in [6.45, 7) is 2.90. The van der Waals surface area contributed by atoms with Crippen LogP contribution in [0.2, 0.25) is 5.02 Å². The summed E-state index contributed by atoms with van der Waals surface area (Å²) >= 11 is 7.00. The van der Waals surface area contributed by atoms with Crippen molar-refractivity contribution in [2.24, 2.45) is 0 Å². The molecule has 3 aromatic rings. The second kappa shape index (κ2) is 9.67. The number of thiazole rings is 1. The second-order valence-electron chi connectivity index (χ2n) is 6.64. The number of aryl methyl sites for hydroxylation is 1. The fourth-order valence-electron chi connectivity index (χ4n) is 2.65. The number of nitrogens with one attached hydrogen (secondary N) is 2. The minimum atomic E-state index is -4.58. The minimum Gasteiger partial charge on any atom is -0.480 e. The summed E-state index contributed by atoms with van der Waals surface area (Å²) in [6.07, 6.45) is -1.17. The zero-order valence-corrected chi connectivity index (χ0v) is 18.9. The van der Waals surface area contributed by atoms with Gasteiger partial charge in [0.1, 0.15) is 27.1 Å². The third-order valence-electron chi connectivity index (χ3n) is 4.28. The number of rotatable bonds is 6. The molecule has 0 aliphatic rings. The number of alkyl halides is 3. The molecule has 14 heteroatoms. The smallest absolute Gasteiger partial charge is 0.416 e. The zero-order valence-electron chi connectivity index (χ0n) is 17.3. The fourth-order valence-corrected chi connectivity index (χ4v) is 3.73. The van der Waals surface area contributed by atoms with Crippen molar-refractivity contribution in [3.8, 4) is 5.88 Å². The van der Waals surface area contributed by atoms with Crippen LogP contribution in [0.4, 0.5) is 19.0 Å². The summed E-state index contributed by atoms with van der Waals surface area (Å²) in [5.41, 5.74) is -1.06. The van der Waals surface area contributed by atoms with Crippen LogP contribution in [0, 0.1) is 6.92 Å². The highest BCUT2D eigenvalue weighted by molar-refractivity contribution is 7.13. The van der Waals surface area contributed by atoms with Gasteiger partial charge in [0.25, 0.3) is 11.8 Å². The van der Waals surface area contributed by atoms with Crippen LogP contribution in [0.1, 0.15) is 49.3 Å². The zero-order chi connectivity index (χ0) is 24.3. The molecular formula is C19H16ClF3N6O3S. The Morgan fingerprint density at radius 2 is 1.88 bits per heavy atom. The van der Waals surface area contributed by atoms with Crippen LogP contribution < -0.4 is 15.4 Å². The molecule has 2 amide bonds. The molecule has 0 aliphatic heterocycles. The van der Waals surface area contributed by atoms with Crippen molar-refractivity contribution in [3.63, 3.8) is 0 Å². The molecule has 174 valence electrons. The Bertz CT molecular complexity index is 1200. The van der Waals surface area contributed by atoms with Crippen molar-refractivity contribution < 1.29 is 27.5 Å². The van der Waals surface area contributed by atoms with E-state index in [4.69, 9.17) is 16.3 Å². The third kappa shape index (κ3) is 5.54. The van der Waals surface area contributed by atoms with E-state index < -0.39 is 29.6 Å². The van der Waals surface area contributed by atoms with Crippen molar-refractivity contribution in [2.45, 2.75) is 26.1 Å². The Balaban J connectivity index is 1.70. The third-order valence-corrected chi connectivity index (χ3v) is 5.80. The van der Waals surface area contributed by atoms with Gasteiger partial charge >= 0.3 is 6.18 Å². The van der Waals surface area contributed by atoms with Gasteiger partial charge in [-0.1, -0.05) is 11.6 Å². The number of pyridine rings is 1. The largest absolute Gasteiger partial charge is 0.480 e. The first kappa shape index (κ1) is 24.3. The van der Waals surface area contributed by atoms with E-state index in [1.54, 1.807) is 6.92 Å². The molecule has 0 unspecified atom stereocenters. The Kier molecular flexibility index (Phi) is 7.12. The summed E-state index contributed by atoms with van der Waals surface area (Å²) in [5.74, 6) is -1.51. The lowest BCUT2D eigenvalue weighted by Gasteiger charge is -2.12. The van der Waals surface area contributed by atoms with Gasteiger partial charge in [0.2, 0.25) is 5.88 Å². The molecular weight excluding hydrogens is 485 g/mol. The number of carbonyl (C=O) groups excluding carboxylic acids is 2. The number of amides is 2. The van der Waals surface area contributed by atoms with E-state index in [1.807, 2.05) is 0 Å². The van der Waals surface area contributed by atoms with Gasteiger partial charge in [0, 0.05) is 6.20 Å². The van der Waals surface area contributed by atoms with Crippen molar-refractivity contribution in [1.29, 1.82) is 0 Å². The summed E-state index contributed by atoms with van der Waals surface area (Å²) < 4.78 is 44.2. The van der Waals surface area contributed by atoms with Crippen LogP contribution in [0.3, 0.4) is 0 Å². The summed E-state index contributed by atoms with van der Waals surface area (Å²) in [6, 6.07) is 0.132. The number of halogens is 4. The van der Waals surface area contributed by atoms with Crippen LogP contribution in [-0.2, 0) is 6.18 Å². The highest BCUT2D eigenvalue weighted by Gasteiger charge is 2.33. The van der Waals surface area contributed by atoms with Gasteiger partial charge in [-0.2, -0.15) is 13.2 Å². The molecule has 3 heterocycles. The molecule has 3 aromatic heterocycles. The van der Waals surface area contributed by atoms with E-state index in [-0.39, 0.29) is 32.9 Å². The van der Waals surface area contributed by atoms with E-state index in [9.17, 15) is 22.8 Å². The quantitative estimate of drug-likeness (QED) is 0.523.